The van der Waals surface area contributed by atoms with E-state index in [2.05, 4.69) is 0 Å². The summed E-state index contributed by atoms with van der Waals surface area (Å²) in [5.41, 5.74) is 1.64. The molecule has 0 aliphatic heterocycles. The van der Waals surface area contributed by atoms with Gasteiger partial charge in [0.15, 0.2) is 23.0 Å². The molecule has 0 unspecified atom stereocenters. The summed E-state index contributed by atoms with van der Waals surface area (Å²) in [5.74, 6) is -2.61. The minimum absolute atomic E-state index is 0.0107. The first-order valence-electron chi connectivity index (χ1n) is 11.5. The van der Waals surface area contributed by atoms with E-state index in [0.717, 1.165) is 0 Å². The Labute approximate surface area is 223 Å². The Kier molecular flexibility index (Phi) is 9.58. The van der Waals surface area contributed by atoms with Crippen LogP contribution in [0, 0.1) is 0 Å². The number of esters is 4. The fourth-order valence-corrected chi connectivity index (χ4v) is 3.09. The van der Waals surface area contributed by atoms with Gasteiger partial charge in [0.25, 0.3) is 0 Å². The number of aromatic hydroxyl groups is 2. The van der Waals surface area contributed by atoms with Crippen molar-refractivity contribution in [3.05, 3.63) is 89.5 Å². The van der Waals surface area contributed by atoms with Gasteiger partial charge in [-0.15, -0.1) is 0 Å². The van der Waals surface area contributed by atoms with Crippen LogP contribution < -0.4 is 14.2 Å². The van der Waals surface area contributed by atoms with Crippen molar-refractivity contribution < 1.29 is 48.3 Å². The molecule has 3 aromatic carbocycles. The molecule has 0 radical (unpaired) electrons. The summed E-state index contributed by atoms with van der Waals surface area (Å²) in [6.45, 7) is 2.40. The van der Waals surface area contributed by atoms with E-state index in [0.29, 0.717) is 16.7 Å². The van der Waals surface area contributed by atoms with Crippen molar-refractivity contribution in [3.8, 4) is 28.7 Å². The Morgan fingerprint density at radius 3 is 1.62 bits per heavy atom. The summed E-state index contributed by atoms with van der Waals surface area (Å²) in [4.78, 5) is 46.1. The molecule has 0 spiro atoms. The van der Waals surface area contributed by atoms with E-state index < -0.39 is 23.9 Å². The molecular weight excluding hydrogens is 508 g/mol. The van der Waals surface area contributed by atoms with Crippen LogP contribution in [-0.4, -0.2) is 34.1 Å². The number of carbonyl (C=O) groups is 4. The highest BCUT2D eigenvalue weighted by Gasteiger charge is 2.08. The van der Waals surface area contributed by atoms with Gasteiger partial charge < -0.3 is 29.2 Å². The molecule has 0 fully saturated rings. The fraction of sp³-hybridized carbons (Fsp3) is 0.103. The highest BCUT2D eigenvalue weighted by atomic mass is 16.5. The standard InChI is InChI=1S/C29H24O10/c1-18(30)37-26-11-5-20(15-24(26)32)7-13-28(34)36-17-22-3-9-23(10-4-22)39-29(35)14-8-21-6-12-27(25(33)16-21)38-19(2)31/h3-16,32-33H,17H2,1-2H3/b13-7+,14-8+. The van der Waals surface area contributed by atoms with Gasteiger partial charge in [0, 0.05) is 26.0 Å². The first-order valence-corrected chi connectivity index (χ1v) is 11.5. The number of ether oxygens (including phenoxy) is 4. The third-order valence-electron chi connectivity index (χ3n) is 4.82. The number of benzene rings is 3. The summed E-state index contributed by atoms with van der Waals surface area (Å²) in [5, 5.41) is 19.8. The molecule has 0 bridgehead atoms. The monoisotopic (exact) mass is 532 g/mol. The third kappa shape index (κ3) is 9.21. The van der Waals surface area contributed by atoms with Crippen molar-refractivity contribution in [2.75, 3.05) is 0 Å². The fourth-order valence-electron chi connectivity index (χ4n) is 3.09. The molecule has 3 aromatic rings. The molecule has 39 heavy (non-hydrogen) atoms. The van der Waals surface area contributed by atoms with Crippen LogP contribution in [0.3, 0.4) is 0 Å². The van der Waals surface area contributed by atoms with Gasteiger partial charge in [-0.1, -0.05) is 24.3 Å². The average Bonchev–Trinajstić information content (AvgIpc) is 2.88. The first-order chi connectivity index (χ1) is 18.6. The van der Waals surface area contributed by atoms with Gasteiger partial charge in [-0.2, -0.15) is 0 Å². The van der Waals surface area contributed by atoms with Crippen LogP contribution in [0.2, 0.25) is 0 Å². The molecule has 2 N–H and O–H groups in total. The zero-order valence-corrected chi connectivity index (χ0v) is 21.0. The van der Waals surface area contributed by atoms with E-state index in [1.165, 1.54) is 74.5 Å². The summed E-state index contributed by atoms with van der Waals surface area (Å²) >= 11 is 0. The largest absolute Gasteiger partial charge is 0.504 e. The van der Waals surface area contributed by atoms with Gasteiger partial charge in [0.1, 0.15) is 12.4 Å². The molecule has 0 atom stereocenters. The van der Waals surface area contributed by atoms with E-state index in [1.54, 1.807) is 24.3 Å². The molecule has 0 heterocycles. The maximum atomic E-state index is 12.1. The highest BCUT2D eigenvalue weighted by Crippen LogP contribution is 2.28. The number of phenolic OH excluding ortho intramolecular Hbond substituents is 2. The number of carbonyl (C=O) groups excluding carboxylic acids is 4. The van der Waals surface area contributed by atoms with Gasteiger partial charge in [0.05, 0.1) is 0 Å². The van der Waals surface area contributed by atoms with Gasteiger partial charge in [-0.25, -0.2) is 9.59 Å². The lowest BCUT2D eigenvalue weighted by Gasteiger charge is -2.06. The lowest BCUT2D eigenvalue weighted by Crippen LogP contribution is -2.04. The molecule has 3 rings (SSSR count). The predicted molar refractivity (Wildman–Crippen MR) is 139 cm³/mol. The average molecular weight is 533 g/mol. The summed E-state index contributed by atoms with van der Waals surface area (Å²) < 4.78 is 20.1. The second-order valence-corrected chi connectivity index (χ2v) is 7.98. The minimum atomic E-state index is -0.658. The topological polar surface area (TPSA) is 146 Å². The quantitative estimate of drug-likeness (QED) is 0.232. The Hall–Kier alpha value is -5.38. The van der Waals surface area contributed by atoms with Gasteiger partial charge >= 0.3 is 23.9 Å². The normalized spacial score (nSPS) is 10.8. The zero-order valence-electron chi connectivity index (χ0n) is 21.0. The van der Waals surface area contributed by atoms with Crippen molar-refractivity contribution in [3.63, 3.8) is 0 Å². The molecule has 10 nitrogen and oxygen atoms in total. The Balaban J connectivity index is 1.47. The van der Waals surface area contributed by atoms with E-state index >= 15 is 0 Å². The Morgan fingerprint density at radius 1 is 0.667 bits per heavy atom. The lowest BCUT2D eigenvalue weighted by molar-refractivity contribution is -0.139. The van der Waals surface area contributed by atoms with Crippen molar-refractivity contribution in [1.29, 1.82) is 0 Å². The zero-order chi connectivity index (χ0) is 28.4. The second-order valence-electron chi connectivity index (χ2n) is 7.98. The van der Waals surface area contributed by atoms with E-state index in [9.17, 15) is 29.4 Å². The maximum Gasteiger partial charge on any atom is 0.336 e. The second kappa shape index (κ2) is 13.2. The number of rotatable bonds is 9. The summed E-state index contributed by atoms with van der Waals surface area (Å²) in [6, 6.07) is 14.9. The van der Waals surface area contributed by atoms with Crippen LogP contribution in [-0.2, 0) is 30.5 Å². The van der Waals surface area contributed by atoms with Crippen LogP contribution in [0.5, 0.6) is 28.7 Å². The van der Waals surface area contributed by atoms with Gasteiger partial charge in [-0.3, -0.25) is 9.59 Å². The number of hydrogen-bond acceptors (Lipinski definition) is 10. The van der Waals surface area contributed by atoms with Crippen LogP contribution in [0.25, 0.3) is 12.2 Å². The van der Waals surface area contributed by atoms with Crippen molar-refractivity contribution in [2.45, 2.75) is 20.5 Å². The van der Waals surface area contributed by atoms with E-state index in [-0.39, 0.29) is 35.4 Å². The highest BCUT2D eigenvalue weighted by molar-refractivity contribution is 5.89. The molecule has 0 aliphatic rings. The van der Waals surface area contributed by atoms with Crippen LogP contribution >= 0.6 is 0 Å². The molecule has 200 valence electrons. The SMILES string of the molecule is CC(=O)Oc1ccc(/C=C/C(=O)OCc2ccc(OC(=O)/C=C/c3ccc(OC(C)=O)c(O)c3)cc2)cc1O. The van der Waals surface area contributed by atoms with Crippen LogP contribution in [0.4, 0.5) is 0 Å². The van der Waals surface area contributed by atoms with E-state index in [1.807, 2.05) is 0 Å². The molecule has 0 saturated carbocycles. The van der Waals surface area contributed by atoms with Crippen molar-refractivity contribution >= 4 is 36.0 Å². The Bertz CT molecular complexity index is 1430. The lowest BCUT2D eigenvalue weighted by atomic mass is 10.2. The molecule has 0 amide bonds. The maximum absolute atomic E-state index is 12.1. The molecule has 0 aromatic heterocycles. The van der Waals surface area contributed by atoms with Gasteiger partial charge in [-0.05, 0) is 65.2 Å². The minimum Gasteiger partial charge on any atom is -0.504 e. The van der Waals surface area contributed by atoms with Crippen LogP contribution in [0.15, 0.2) is 72.8 Å². The van der Waals surface area contributed by atoms with Crippen molar-refractivity contribution in [2.24, 2.45) is 0 Å². The summed E-state index contributed by atoms with van der Waals surface area (Å²) in [7, 11) is 0. The first kappa shape index (κ1) is 28.2. The molecular formula is C29H24O10. The van der Waals surface area contributed by atoms with Gasteiger partial charge in [0.2, 0.25) is 0 Å². The van der Waals surface area contributed by atoms with E-state index in [4.69, 9.17) is 18.9 Å². The van der Waals surface area contributed by atoms with Crippen molar-refractivity contribution in [1.82, 2.24) is 0 Å². The number of phenols is 2. The molecule has 0 aliphatic carbocycles. The van der Waals surface area contributed by atoms with Crippen LogP contribution in [0.1, 0.15) is 30.5 Å². The number of hydrogen-bond donors (Lipinski definition) is 2. The Morgan fingerprint density at radius 2 is 1.15 bits per heavy atom. The smallest absolute Gasteiger partial charge is 0.336 e. The predicted octanol–water partition coefficient (Wildman–Crippen LogP) is 4.32. The molecule has 10 heteroatoms. The third-order valence-corrected chi connectivity index (χ3v) is 4.82. The summed E-state index contributed by atoms with van der Waals surface area (Å²) in [6.07, 6.45) is 5.22. The molecule has 0 saturated heterocycles.